The van der Waals surface area contributed by atoms with Crippen LogP contribution in [0.5, 0.6) is 17.2 Å². The molecule has 1 fully saturated rings. The van der Waals surface area contributed by atoms with Crippen LogP contribution in [0.2, 0.25) is 0 Å². The monoisotopic (exact) mass is 594 g/mol. The van der Waals surface area contributed by atoms with Crippen molar-refractivity contribution in [2.45, 2.75) is 71.1 Å². The number of benzene rings is 3. The van der Waals surface area contributed by atoms with Crippen molar-refractivity contribution in [1.82, 2.24) is 0 Å². The number of rotatable bonds is 13. The lowest BCUT2D eigenvalue weighted by Gasteiger charge is -2.29. The summed E-state index contributed by atoms with van der Waals surface area (Å²) in [6.07, 6.45) is 5.34. The average Bonchev–Trinajstić information content (AvgIpc) is 2.99. The molecule has 3 nitrogen and oxygen atoms in total. The maximum Gasteiger partial charge on any atom is 0.204 e. The van der Waals surface area contributed by atoms with E-state index < -0.39 is 34.9 Å². The molecule has 0 aliphatic heterocycles. The van der Waals surface area contributed by atoms with Gasteiger partial charge in [0.2, 0.25) is 17.5 Å². The summed E-state index contributed by atoms with van der Waals surface area (Å²) in [5, 5.41) is 0. The molecule has 0 spiro atoms. The van der Waals surface area contributed by atoms with Crippen LogP contribution in [0, 0.1) is 40.8 Å². The van der Waals surface area contributed by atoms with Gasteiger partial charge in [0.05, 0.1) is 19.8 Å². The molecule has 1 saturated carbocycles. The molecule has 4 rings (SSSR count). The molecule has 0 radical (unpaired) electrons. The first-order valence-corrected chi connectivity index (χ1v) is 14.6. The summed E-state index contributed by atoms with van der Waals surface area (Å²) in [4.78, 5) is 0. The summed E-state index contributed by atoms with van der Waals surface area (Å²) < 4.78 is 105. The van der Waals surface area contributed by atoms with Gasteiger partial charge in [-0.1, -0.05) is 38.8 Å². The predicted octanol–water partition coefficient (Wildman–Crippen LogP) is 9.90. The number of halogens is 6. The van der Waals surface area contributed by atoms with Crippen LogP contribution in [0.25, 0.3) is 11.1 Å². The maximum atomic E-state index is 15.2. The minimum absolute atomic E-state index is 0.0199. The van der Waals surface area contributed by atoms with Gasteiger partial charge in [0, 0.05) is 11.1 Å². The third-order valence-corrected chi connectivity index (χ3v) is 7.73. The number of unbranched alkanes of at least 4 members (excludes halogenated alkanes) is 2. The smallest absolute Gasteiger partial charge is 0.204 e. The van der Waals surface area contributed by atoms with Crippen molar-refractivity contribution in [3.8, 4) is 28.4 Å². The molecule has 0 N–H and O–H groups in total. The first kappa shape index (κ1) is 31.6. The molecule has 0 unspecified atom stereocenters. The Kier molecular flexibility index (Phi) is 11.0. The van der Waals surface area contributed by atoms with Crippen molar-refractivity contribution in [2.24, 2.45) is 5.92 Å². The molecular formula is C33H36F6O3. The van der Waals surface area contributed by atoms with E-state index in [1.165, 1.54) is 36.4 Å². The second-order valence-corrected chi connectivity index (χ2v) is 10.7. The maximum absolute atomic E-state index is 15.2. The van der Waals surface area contributed by atoms with E-state index in [2.05, 4.69) is 0 Å². The Labute approximate surface area is 242 Å². The van der Waals surface area contributed by atoms with Crippen molar-refractivity contribution < 1.29 is 40.6 Å². The fraction of sp³-hybridized carbons (Fsp3) is 0.455. The minimum Gasteiger partial charge on any atom is -0.490 e. The molecule has 9 heteroatoms. The summed E-state index contributed by atoms with van der Waals surface area (Å²) >= 11 is 0. The van der Waals surface area contributed by atoms with Gasteiger partial charge in [-0.15, -0.1) is 0 Å². The molecule has 3 aromatic carbocycles. The second-order valence-electron chi connectivity index (χ2n) is 10.7. The van der Waals surface area contributed by atoms with E-state index in [9.17, 15) is 17.6 Å². The zero-order valence-corrected chi connectivity index (χ0v) is 23.9. The summed E-state index contributed by atoms with van der Waals surface area (Å²) in [6.45, 7) is 4.56. The standard InChI is InChI=1S/C33H36F6O3/c1-3-5-17-40-25-14-13-24(30(36)31(25)37)23-12-11-22(28(34)29(23)35)21-9-7-20(8-10-21)19-42-27-16-15-26(32(38)33(27)39)41-18-6-4-2/h11-16,20-21H,3-10,17-19H2,1-2H3. The van der Waals surface area contributed by atoms with Crippen molar-refractivity contribution >= 4 is 0 Å². The molecule has 0 atom stereocenters. The third-order valence-electron chi connectivity index (χ3n) is 7.73. The highest BCUT2D eigenvalue weighted by Crippen LogP contribution is 2.40. The van der Waals surface area contributed by atoms with Gasteiger partial charge < -0.3 is 14.2 Å². The second kappa shape index (κ2) is 14.7. The first-order valence-electron chi connectivity index (χ1n) is 14.6. The van der Waals surface area contributed by atoms with E-state index >= 15 is 8.78 Å². The van der Waals surface area contributed by atoms with Crippen LogP contribution in [-0.2, 0) is 0 Å². The molecular weight excluding hydrogens is 558 g/mol. The molecule has 228 valence electrons. The Balaban J connectivity index is 1.37. The normalized spacial score (nSPS) is 16.9. The van der Waals surface area contributed by atoms with Gasteiger partial charge in [0.1, 0.15) is 0 Å². The molecule has 3 aromatic rings. The van der Waals surface area contributed by atoms with E-state index in [-0.39, 0.29) is 59.0 Å². The van der Waals surface area contributed by atoms with Gasteiger partial charge in [-0.2, -0.15) is 13.2 Å². The van der Waals surface area contributed by atoms with E-state index in [1.807, 2.05) is 13.8 Å². The van der Waals surface area contributed by atoms with Crippen molar-refractivity contribution in [3.05, 3.63) is 76.9 Å². The largest absolute Gasteiger partial charge is 0.490 e. The zero-order chi connectivity index (χ0) is 30.2. The molecule has 0 amide bonds. The Morgan fingerprint density at radius 3 is 1.55 bits per heavy atom. The summed E-state index contributed by atoms with van der Waals surface area (Å²) in [5.41, 5.74) is -0.586. The van der Waals surface area contributed by atoms with Crippen LogP contribution in [0.4, 0.5) is 26.3 Å². The molecule has 0 aromatic heterocycles. The van der Waals surface area contributed by atoms with Gasteiger partial charge in [0.25, 0.3) is 0 Å². The van der Waals surface area contributed by atoms with E-state index in [1.54, 1.807) is 0 Å². The fourth-order valence-corrected chi connectivity index (χ4v) is 5.18. The Hall–Kier alpha value is -3.36. The lowest BCUT2D eigenvalue weighted by atomic mass is 9.78. The Morgan fingerprint density at radius 1 is 0.548 bits per heavy atom. The molecule has 1 aliphatic rings. The van der Waals surface area contributed by atoms with Gasteiger partial charge in [0.15, 0.2) is 34.7 Å². The Morgan fingerprint density at radius 2 is 1.00 bits per heavy atom. The summed E-state index contributed by atoms with van der Waals surface area (Å²) in [6, 6.07) is 7.77. The predicted molar refractivity (Wildman–Crippen MR) is 149 cm³/mol. The highest BCUT2D eigenvalue weighted by atomic mass is 19.2. The van der Waals surface area contributed by atoms with E-state index in [0.717, 1.165) is 19.3 Å². The van der Waals surface area contributed by atoms with Gasteiger partial charge >= 0.3 is 0 Å². The molecule has 0 saturated heterocycles. The number of hydrogen-bond acceptors (Lipinski definition) is 3. The quantitative estimate of drug-likeness (QED) is 0.146. The van der Waals surface area contributed by atoms with Gasteiger partial charge in [-0.25, -0.2) is 13.2 Å². The Bertz CT molecular complexity index is 1350. The number of ether oxygens (including phenoxy) is 3. The van der Waals surface area contributed by atoms with Gasteiger partial charge in [-0.05, 0) is 80.2 Å². The van der Waals surface area contributed by atoms with Crippen LogP contribution in [0.3, 0.4) is 0 Å². The molecule has 0 bridgehead atoms. The summed E-state index contributed by atoms with van der Waals surface area (Å²) in [7, 11) is 0. The molecule has 42 heavy (non-hydrogen) atoms. The van der Waals surface area contributed by atoms with Crippen molar-refractivity contribution in [1.29, 1.82) is 0 Å². The van der Waals surface area contributed by atoms with Gasteiger partial charge in [-0.3, -0.25) is 0 Å². The highest BCUT2D eigenvalue weighted by molar-refractivity contribution is 5.66. The first-order chi connectivity index (χ1) is 20.3. The van der Waals surface area contributed by atoms with Crippen LogP contribution < -0.4 is 14.2 Å². The molecule has 0 heterocycles. The van der Waals surface area contributed by atoms with Crippen LogP contribution >= 0.6 is 0 Å². The van der Waals surface area contributed by atoms with Crippen molar-refractivity contribution in [3.63, 3.8) is 0 Å². The van der Waals surface area contributed by atoms with Crippen LogP contribution in [-0.4, -0.2) is 19.8 Å². The zero-order valence-electron chi connectivity index (χ0n) is 23.9. The summed E-state index contributed by atoms with van der Waals surface area (Å²) in [5.74, 6) is -7.97. The van der Waals surface area contributed by atoms with Crippen molar-refractivity contribution in [2.75, 3.05) is 19.8 Å². The van der Waals surface area contributed by atoms with E-state index in [0.29, 0.717) is 38.7 Å². The minimum atomic E-state index is -1.30. The average molecular weight is 595 g/mol. The topological polar surface area (TPSA) is 27.7 Å². The third kappa shape index (κ3) is 7.16. The SMILES string of the molecule is CCCCOc1ccc(OCC2CCC(c3ccc(-c4ccc(OCCCC)c(F)c4F)c(F)c3F)CC2)c(F)c1F. The number of hydrogen-bond donors (Lipinski definition) is 0. The lowest BCUT2D eigenvalue weighted by Crippen LogP contribution is -2.20. The van der Waals surface area contributed by atoms with E-state index in [4.69, 9.17) is 14.2 Å². The lowest BCUT2D eigenvalue weighted by molar-refractivity contribution is 0.190. The highest BCUT2D eigenvalue weighted by Gasteiger charge is 2.28. The fourth-order valence-electron chi connectivity index (χ4n) is 5.18. The van der Waals surface area contributed by atoms with Crippen LogP contribution in [0.1, 0.15) is 76.7 Å². The van der Waals surface area contributed by atoms with Crippen LogP contribution in [0.15, 0.2) is 36.4 Å². The molecule has 1 aliphatic carbocycles.